The fourth-order valence-electron chi connectivity index (χ4n) is 7.02. The van der Waals surface area contributed by atoms with Crippen molar-refractivity contribution in [2.45, 2.75) is 257 Å². The third-order valence-corrected chi connectivity index (χ3v) is 10.7. The predicted octanol–water partition coefficient (Wildman–Crippen LogP) is 12.0. The SMILES string of the molecule is CCCCCCCCCCC/C=C\C/C=C\CCCCCCCCC(O)C(=O)NC(CO)C(O)C(O)CCCCCCCCCCCCCCCC. The van der Waals surface area contributed by atoms with Crippen LogP contribution in [0.3, 0.4) is 0 Å². The van der Waals surface area contributed by atoms with Crippen molar-refractivity contribution < 1.29 is 25.2 Å². The summed E-state index contributed by atoms with van der Waals surface area (Å²) in [5.41, 5.74) is 0. The maximum Gasteiger partial charge on any atom is 0.249 e. The van der Waals surface area contributed by atoms with Gasteiger partial charge in [0, 0.05) is 0 Å². The number of amides is 1. The van der Waals surface area contributed by atoms with Crippen molar-refractivity contribution in [3.05, 3.63) is 24.3 Å². The Kier molecular flexibility index (Phi) is 40.0. The largest absolute Gasteiger partial charge is 0.394 e. The fourth-order valence-corrected chi connectivity index (χ4v) is 7.02. The van der Waals surface area contributed by atoms with E-state index in [1.807, 2.05) is 0 Å². The van der Waals surface area contributed by atoms with Crippen molar-refractivity contribution >= 4 is 5.91 Å². The number of unbranched alkanes of at least 4 members (excludes halogenated alkanes) is 28. The lowest BCUT2D eigenvalue weighted by Crippen LogP contribution is -2.53. The van der Waals surface area contributed by atoms with Crippen LogP contribution in [0.25, 0.3) is 0 Å². The average molecular weight is 736 g/mol. The molecule has 6 nitrogen and oxygen atoms in total. The van der Waals surface area contributed by atoms with Crippen LogP contribution in [0.5, 0.6) is 0 Å². The smallest absolute Gasteiger partial charge is 0.249 e. The first-order valence-corrected chi connectivity index (χ1v) is 22.7. The van der Waals surface area contributed by atoms with Gasteiger partial charge in [-0.15, -0.1) is 0 Å². The van der Waals surface area contributed by atoms with Gasteiger partial charge in [0.25, 0.3) is 0 Å². The summed E-state index contributed by atoms with van der Waals surface area (Å²) in [6.45, 7) is 4.05. The molecule has 308 valence electrons. The Labute approximate surface area is 323 Å². The second-order valence-corrected chi connectivity index (χ2v) is 15.8. The summed E-state index contributed by atoms with van der Waals surface area (Å²) in [5, 5.41) is 43.7. The van der Waals surface area contributed by atoms with Crippen molar-refractivity contribution in [2.75, 3.05) is 6.61 Å². The summed E-state index contributed by atoms with van der Waals surface area (Å²) >= 11 is 0. The summed E-state index contributed by atoms with van der Waals surface area (Å²) < 4.78 is 0. The molecule has 4 atom stereocenters. The summed E-state index contributed by atoms with van der Waals surface area (Å²) in [4.78, 5) is 12.5. The Morgan fingerprint density at radius 2 is 0.827 bits per heavy atom. The van der Waals surface area contributed by atoms with E-state index in [1.165, 1.54) is 148 Å². The zero-order valence-electron chi connectivity index (χ0n) is 34.6. The number of rotatable bonds is 41. The second kappa shape index (κ2) is 41.0. The third-order valence-electron chi connectivity index (χ3n) is 10.7. The summed E-state index contributed by atoms with van der Waals surface area (Å²) in [5.74, 6) is -0.591. The minimum Gasteiger partial charge on any atom is -0.394 e. The van der Waals surface area contributed by atoms with E-state index in [9.17, 15) is 25.2 Å². The molecule has 0 radical (unpaired) electrons. The molecule has 52 heavy (non-hydrogen) atoms. The highest BCUT2D eigenvalue weighted by Gasteiger charge is 2.28. The van der Waals surface area contributed by atoms with Crippen LogP contribution in [0, 0.1) is 0 Å². The van der Waals surface area contributed by atoms with Crippen LogP contribution in [-0.2, 0) is 4.79 Å². The van der Waals surface area contributed by atoms with Crippen molar-refractivity contribution in [3.63, 3.8) is 0 Å². The topological polar surface area (TPSA) is 110 Å². The van der Waals surface area contributed by atoms with E-state index in [0.717, 1.165) is 57.8 Å². The third kappa shape index (κ3) is 34.6. The van der Waals surface area contributed by atoms with Crippen LogP contribution < -0.4 is 5.32 Å². The van der Waals surface area contributed by atoms with Crippen molar-refractivity contribution in [2.24, 2.45) is 0 Å². The van der Waals surface area contributed by atoms with Gasteiger partial charge in [0.1, 0.15) is 12.2 Å². The van der Waals surface area contributed by atoms with E-state index in [2.05, 4.69) is 43.5 Å². The molecule has 4 unspecified atom stereocenters. The van der Waals surface area contributed by atoms with Gasteiger partial charge < -0.3 is 25.7 Å². The quantitative estimate of drug-likeness (QED) is 0.0317. The van der Waals surface area contributed by atoms with Gasteiger partial charge in [0.15, 0.2) is 0 Å². The highest BCUT2D eigenvalue weighted by atomic mass is 16.3. The first-order valence-electron chi connectivity index (χ1n) is 22.7. The van der Waals surface area contributed by atoms with E-state index in [-0.39, 0.29) is 0 Å². The maximum absolute atomic E-state index is 12.5. The average Bonchev–Trinajstić information content (AvgIpc) is 3.15. The molecule has 0 saturated carbocycles. The van der Waals surface area contributed by atoms with Crippen LogP contribution in [-0.4, -0.2) is 57.3 Å². The molecule has 0 aliphatic heterocycles. The number of aliphatic hydroxyl groups is 4. The highest BCUT2D eigenvalue weighted by Crippen LogP contribution is 2.16. The number of allylic oxidation sites excluding steroid dienone is 4. The normalized spacial score (nSPS) is 14.3. The molecule has 0 spiro atoms. The van der Waals surface area contributed by atoms with Gasteiger partial charge in [-0.3, -0.25) is 4.79 Å². The summed E-state index contributed by atoms with van der Waals surface area (Å²) in [6, 6.07) is -0.988. The first kappa shape index (κ1) is 50.8. The number of nitrogens with one attached hydrogen (secondary N) is 1. The lowest BCUT2D eigenvalue weighted by molar-refractivity contribution is -0.132. The maximum atomic E-state index is 12.5. The Morgan fingerprint density at radius 3 is 1.21 bits per heavy atom. The Bertz CT molecular complexity index is 787. The van der Waals surface area contributed by atoms with Crippen LogP contribution in [0.1, 0.15) is 232 Å². The molecule has 1 amide bonds. The molecule has 0 aromatic heterocycles. The molecular weight excluding hydrogens is 647 g/mol. The number of carbonyl (C=O) groups is 1. The van der Waals surface area contributed by atoms with Gasteiger partial charge in [0.2, 0.25) is 5.91 Å². The van der Waals surface area contributed by atoms with Crippen molar-refractivity contribution in [1.82, 2.24) is 5.32 Å². The number of aliphatic hydroxyl groups excluding tert-OH is 4. The molecule has 0 aliphatic rings. The van der Waals surface area contributed by atoms with E-state index < -0.39 is 36.9 Å². The molecule has 0 aliphatic carbocycles. The first-order chi connectivity index (χ1) is 25.5. The Balaban J connectivity index is 3.74. The lowest BCUT2D eigenvalue weighted by Gasteiger charge is -2.27. The molecule has 0 rings (SSSR count). The van der Waals surface area contributed by atoms with Gasteiger partial charge in [-0.25, -0.2) is 0 Å². The van der Waals surface area contributed by atoms with Crippen LogP contribution in [0.2, 0.25) is 0 Å². The Morgan fingerprint density at radius 1 is 0.481 bits per heavy atom. The van der Waals surface area contributed by atoms with Gasteiger partial charge in [-0.2, -0.15) is 0 Å². The summed E-state index contributed by atoms with van der Waals surface area (Å²) in [6.07, 6.45) is 46.3. The van der Waals surface area contributed by atoms with Gasteiger partial charge in [0.05, 0.1) is 18.8 Å². The van der Waals surface area contributed by atoms with E-state index in [0.29, 0.717) is 12.8 Å². The molecule has 0 saturated heterocycles. The van der Waals surface area contributed by atoms with Crippen molar-refractivity contribution in [3.8, 4) is 0 Å². The van der Waals surface area contributed by atoms with Crippen LogP contribution in [0.15, 0.2) is 24.3 Å². The number of hydrogen-bond acceptors (Lipinski definition) is 5. The molecule has 0 bridgehead atoms. The summed E-state index contributed by atoms with van der Waals surface area (Å²) in [7, 11) is 0. The van der Waals surface area contributed by atoms with Gasteiger partial charge in [-0.1, -0.05) is 212 Å². The number of carbonyl (C=O) groups excluding carboxylic acids is 1. The molecule has 0 aromatic carbocycles. The van der Waals surface area contributed by atoms with Gasteiger partial charge in [-0.05, 0) is 44.9 Å². The standard InChI is InChI=1S/C46H89NO5/c1-3-5-7-9-11-13-15-17-19-20-21-22-23-24-25-26-28-30-32-34-36-38-40-44(50)46(52)47-42(41-48)45(51)43(49)39-37-35-33-31-29-27-18-16-14-12-10-8-6-4-2/h21-22,24-25,42-45,48-51H,3-20,23,26-41H2,1-2H3,(H,47,52)/b22-21-,25-24-. The van der Waals surface area contributed by atoms with E-state index >= 15 is 0 Å². The Hall–Kier alpha value is -1.21. The molecular formula is C46H89NO5. The highest BCUT2D eigenvalue weighted by molar-refractivity contribution is 5.80. The zero-order chi connectivity index (χ0) is 38.2. The zero-order valence-corrected chi connectivity index (χ0v) is 34.6. The fraction of sp³-hybridized carbons (Fsp3) is 0.891. The minimum absolute atomic E-state index is 0.358. The predicted molar refractivity (Wildman–Crippen MR) is 224 cm³/mol. The van der Waals surface area contributed by atoms with Gasteiger partial charge >= 0.3 is 0 Å². The lowest BCUT2D eigenvalue weighted by atomic mass is 9.99. The number of hydrogen-bond donors (Lipinski definition) is 5. The minimum atomic E-state index is -1.26. The molecule has 5 N–H and O–H groups in total. The molecule has 0 heterocycles. The second-order valence-electron chi connectivity index (χ2n) is 15.8. The van der Waals surface area contributed by atoms with E-state index in [1.54, 1.807) is 0 Å². The molecule has 6 heteroatoms. The van der Waals surface area contributed by atoms with Crippen molar-refractivity contribution in [1.29, 1.82) is 0 Å². The van der Waals surface area contributed by atoms with E-state index in [4.69, 9.17) is 0 Å². The van der Waals surface area contributed by atoms with Crippen LogP contribution >= 0.6 is 0 Å². The molecule has 0 aromatic rings. The monoisotopic (exact) mass is 736 g/mol. The molecule has 0 fully saturated rings. The van der Waals surface area contributed by atoms with Crippen LogP contribution in [0.4, 0.5) is 0 Å².